The Hall–Kier alpha value is -0.120. The van der Waals surface area contributed by atoms with Crippen LogP contribution in [0.4, 0.5) is 0 Å². The summed E-state index contributed by atoms with van der Waals surface area (Å²) >= 11 is 0. The van der Waals surface area contributed by atoms with Crippen molar-refractivity contribution in [1.82, 2.24) is 5.06 Å². The molecule has 1 aliphatic heterocycles. The van der Waals surface area contributed by atoms with E-state index in [0.717, 1.165) is 19.3 Å². The quantitative estimate of drug-likeness (QED) is 0.824. The van der Waals surface area contributed by atoms with Crippen LogP contribution in [0.3, 0.4) is 0 Å². The van der Waals surface area contributed by atoms with E-state index in [9.17, 15) is 5.11 Å². The fourth-order valence-electron chi connectivity index (χ4n) is 3.47. The molecule has 0 spiro atoms. The number of piperidine rings is 1. The van der Waals surface area contributed by atoms with Gasteiger partial charge in [0.1, 0.15) is 0 Å². The van der Waals surface area contributed by atoms with Crippen LogP contribution in [-0.2, 0) is 4.84 Å². The molecule has 0 radical (unpaired) electrons. The number of rotatable bonds is 2. The van der Waals surface area contributed by atoms with E-state index in [0.29, 0.717) is 19.3 Å². The highest BCUT2D eigenvalue weighted by molar-refractivity contribution is 4.96. The van der Waals surface area contributed by atoms with Gasteiger partial charge in [0.15, 0.2) is 0 Å². The molecular formula is C15H29NO2. The van der Waals surface area contributed by atoms with Crippen molar-refractivity contribution < 1.29 is 12.7 Å². The minimum atomic E-state index is -1.14. The van der Waals surface area contributed by atoms with Crippen LogP contribution >= 0.6 is 0 Å². The summed E-state index contributed by atoms with van der Waals surface area (Å²) in [4.78, 5) is 6.11. The predicted molar refractivity (Wildman–Crippen MR) is 73.2 cm³/mol. The molecule has 2 fully saturated rings. The molecular weight excluding hydrogens is 226 g/mol. The first kappa shape index (κ1) is 11.7. The number of hydroxylamine groups is 2. The zero-order valence-corrected chi connectivity index (χ0v) is 12.2. The Morgan fingerprint density at radius 1 is 1.17 bits per heavy atom. The second-order valence-electron chi connectivity index (χ2n) is 6.99. The molecule has 0 amide bonds. The molecule has 2 aliphatic rings. The van der Waals surface area contributed by atoms with E-state index < -0.39 is 12.5 Å². The highest BCUT2D eigenvalue weighted by atomic mass is 16.7. The van der Waals surface area contributed by atoms with Gasteiger partial charge in [0.2, 0.25) is 0 Å². The average Bonchev–Trinajstić information content (AvgIpc) is 2.27. The number of hydrogen-bond donors (Lipinski definition) is 1. The lowest BCUT2D eigenvalue weighted by Crippen LogP contribution is -2.62. The lowest BCUT2D eigenvalue weighted by atomic mass is 9.80. The van der Waals surface area contributed by atoms with Crippen molar-refractivity contribution in [2.24, 2.45) is 0 Å². The Kier molecular flexibility index (Phi) is 3.31. The summed E-state index contributed by atoms with van der Waals surface area (Å²) in [6, 6.07) is 0. The second kappa shape index (κ2) is 5.10. The monoisotopic (exact) mass is 257 g/mol. The summed E-state index contributed by atoms with van der Waals surface area (Å²) in [6.07, 6.45) is 2.63. The molecule has 1 heterocycles. The van der Waals surface area contributed by atoms with Crippen LogP contribution in [-0.4, -0.2) is 33.4 Å². The zero-order chi connectivity index (χ0) is 15.2. The summed E-state index contributed by atoms with van der Waals surface area (Å²) in [5, 5.41) is 11.9. The van der Waals surface area contributed by atoms with Crippen LogP contribution in [0.25, 0.3) is 0 Å². The molecule has 2 unspecified atom stereocenters. The maximum Gasteiger partial charge on any atom is 0.0793 e. The number of nitrogens with zero attached hydrogens (tertiary/aromatic N) is 1. The van der Waals surface area contributed by atoms with Crippen molar-refractivity contribution in [3.05, 3.63) is 0 Å². The van der Waals surface area contributed by atoms with Crippen molar-refractivity contribution in [3.8, 4) is 0 Å². The van der Waals surface area contributed by atoms with E-state index in [1.54, 1.807) is 0 Å². The molecule has 3 heteroatoms. The van der Waals surface area contributed by atoms with E-state index in [2.05, 4.69) is 0 Å². The first-order valence-electron chi connectivity index (χ1n) is 8.24. The number of aliphatic hydroxyl groups excluding tert-OH is 1. The Morgan fingerprint density at radius 3 is 2.33 bits per heavy atom. The largest absolute Gasteiger partial charge is 0.393 e. The molecule has 1 aliphatic carbocycles. The predicted octanol–water partition coefficient (Wildman–Crippen LogP) is 3.26. The SMILES string of the molecule is [2H]C1CCCCC1([2H])ON1C(C)(C)CC(O)CC1(C)C. The molecule has 0 aromatic carbocycles. The Balaban J connectivity index is 2.21. The maximum absolute atomic E-state index is 10.1. The van der Waals surface area contributed by atoms with Gasteiger partial charge in [-0.15, -0.1) is 0 Å². The van der Waals surface area contributed by atoms with Gasteiger partial charge in [-0.2, -0.15) is 5.06 Å². The van der Waals surface area contributed by atoms with Gasteiger partial charge in [-0.1, -0.05) is 19.3 Å². The average molecular weight is 257 g/mol. The van der Waals surface area contributed by atoms with Crippen molar-refractivity contribution in [2.75, 3.05) is 0 Å². The van der Waals surface area contributed by atoms with Gasteiger partial charge in [-0.05, 0) is 53.4 Å². The number of aliphatic hydroxyl groups is 1. The first-order valence-corrected chi connectivity index (χ1v) is 7.17. The van der Waals surface area contributed by atoms with Crippen LogP contribution < -0.4 is 0 Å². The summed E-state index contributed by atoms with van der Waals surface area (Å²) in [5.74, 6) is 0. The molecule has 106 valence electrons. The van der Waals surface area contributed by atoms with Gasteiger partial charge in [0.25, 0.3) is 0 Å². The highest BCUT2D eigenvalue weighted by Crippen LogP contribution is 2.40. The van der Waals surface area contributed by atoms with Crippen molar-refractivity contribution in [1.29, 1.82) is 0 Å². The van der Waals surface area contributed by atoms with E-state index in [4.69, 9.17) is 7.58 Å². The van der Waals surface area contributed by atoms with Gasteiger partial charge in [0.05, 0.1) is 13.6 Å². The van der Waals surface area contributed by atoms with Gasteiger partial charge in [-0.25, -0.2) is 0 Å². The van der Waals surface area contributed by atoms with Gasteiger partial charge >= 0.3 is 0 Å². The second-order valence-corrected chi connectivity index (χ2v) is 6.99. The Labute approximate surface area is 114 Å². The van der Waals surface area contributed by atoms with Gasteiger partial charge in [0, 0.05) is 12.4 Å². The smallest absolute Gasteiger partial charge is 0.0793 e. The third kappa shape index (κ3) is 3.06. The standard InChI is InChI=1S/C15H29NO2/c1-14(2)10-12(17)11-15(3,4)16(14)18-13-8-6-5-7-9-13/h12-13,17H,5-11H2,1-4H3/i8D,13D. The van der Waals surface area contributed by atoms with Crippen LogP contribution in [0.5, 0.6) is 0 Å². The van der Waals surface area contributed by atoms with Crippen LogP contribution in [0.2, 0.25) is 0 Å². The van der Waals surface area contributed by atoms with Crippen molar-refractivity contribution in [2.45, 2.75) is 95.9 Å². The lowest BCUT2D eigenvalue weighted by molar-refractivity contribution is -0.317. The topological polar surface area (TPSA) is 32.7 Å². The molecule has 1 saturated carbocycles. The third-order valence-corrected chi connectivity index (χ3v) is 4.03. The maximum atomic E-state index is 10.1. The minimum absolute atomic E-state index is 0.327. The third-order valence-electron chi connectivity index (χ3n) is 4.03. The molecule has 3 nitrogen and oxygen atoms in total. The summed E-state index contributed by atoms with van der Waals surface area (Å²) < 4.78 is 16.7. The van der Waals surface area contributed by atoms with Crippen molar-refractivity contribution >= 4 is 0 Å². The molecule has 2 atom stereocenters. The lowest BCUT2D eigenvalue weighted by Gasteiger charge is -2.54. The summed E-state index contributed by atoms with van der Waals surface area (Å²) in [5.41, 5.74) is -0.654. The molecule has 2 rings (SSSR count). The van der Waals surface area contributed by atoms with E-state index >= 15 is 0 Å². The summed E-state index contributed by atoms with van der Waals surface area (Å²) in [6.45, 7) is 8.18. The Morgan fingerprint density at radius 2 is 1.78 bits per heavy atom. The fourth-order valence-corrected chi connectivity index (χ4v) is 3.47. The number of hydrogen-bond acceptors (Lipinski definition) is 3. The van der Waals surface area contributed by atoms with E-state index in [-0.39, 0.29) is 17.2 Å². The molecule has 0 aromatic heterocycles. The van der Waals surface area contributed by atoms with Gasteiger partial charge in [-0.3, -0.25) is 4.84 Å². The molecule has 1 saturated heterocycles. The van der Waals surface area contributed by atoms with Crippen LogP contribution in [0.1, 0.15) is 75.4 Å². The van der Waals surface area contributed by atoms with Crippen molar-refractivity contribution in [3.63, 3.8) is 0 Å². The highest BCUT2D eigenvalue weighted by Gasteiger charge is 2.46. The van der Waals surface area contributed by atoms with Crippen LogP contribution in [0, 0.1) is 0 Å². The first-order chi connectivity index (χ1) is 9.07. The normalized spacial score (nSPS) is 43.3. The Bertz CT molecular complexity index is 344. The fraction of sp³-hybridized carbons (Fsp3) is 1.00. The van der Waals surface area contributed by atoms with E-state index in [1.165, 1.54) is 0 Å². The molecule has 0 aromatic rings. The minimum Gasteiger partial charge on any atom is -0.393 e. The molecule has 1 N–H and O–H groups in total. The van der Waals surface area contributed by atoms with Gasteiger partial charge < -0.3 is 5.11 Å². The molecule has 0 bridgehead atoms. The molecule has 18 heavy (non-hydrogen) atoms. The summed E-state index contributed by atoms with van der Waals surface area (Å²) in [7, 11) is 0. The zero-order valence-electron chi connectivity index (χ0n) is 14.2. The van der Waals surface area contributed by atoms with E-state index in [1.807, 2.05) is 32.8 Å². The van der Waals surface area contributed by atoms with Crippen LogP contribution in [0.15, 0.2) is 0 Å².